The Kier molecular flexibility index (Phi) is 8.26. The van der Waals surface area contributed by atoms with Gasteiger partial charge in [0.1, 0.15) is 0 Å². The molecule has 1 N–H and O–H groups in total. The van der Waals surface area contributed by atoms with E-state index in [1.807, 2.05) is 0 Å². The van der Waals surface area contributed by atoms with Crippen LogP contribution in [0, 0.1) is 5.41 Å². The summed E-state index contributed by atoms with van der Waals surface area (Å²) in [5.74, 6) is -0.726. The van der Waals surface area contributed by atoms with Gasteiger partial charge in [0, 0.05) is 13.2 Å². The van der Waals surface area contributed by atoms with Crippen LogP contribution in [0.4, 0.5) is 0 Å². The Morgan fingerprint density at radius 2 is 1.75 bits per heavy atom. The molecule has 0 spiro atoms. The molecule has 0 amide bonds. The molecule has 0 radical (unpaired) electrons. The second-order valence-electron chi connectivity index (χ2n) is 4.97. The Morgan fingerprint density at radius 3 is 2.31 bits per heavy atom. The number of hydrogen-bond acceptors (Lipinski definition) is 2. The van der Waals surface area contributed by atoms with Crippen LogP contribution in [0.2, 0.25) is 0 Å². The van der Waals surface area contributed by atoms with E-state index in [0.29, 0.717) is 13.0 Å². The van der Waals surface area contributed by atoms with E-state index in [1.54, 1.807) is 13.8 Å². The van der Waals surface area contributed by atoms with E-state index in [-0.39, 0.29) is 0 Å². The van der Waals surface area contributed by atoms with E-state index in [2.05, 4.69) is 6.92 Å². The quantitative estimate of drug-likeness (QED) is 0.584. The molecule has 0 aromatic rings. The first-order valence-electron chi connectivity index (χ1n) is 6.32. The summed E-state index contributed by atoms with van der Waals surface area (Å²) in [6.07, 6.45) is 6.37. The van der Waals surface area contributed by atoms with Gasteiger partial charge in [0.2, 0.25) is 0 Å². The maximum absolute atomic E-state index is 10.8. The average molecular weight is 230 g/mol. The second kappa shape index (κ2) is 8.57. The zero-order chi connectivity index (χ0) is 12.4. The normalized spacial score (nSPS) is 11.7. The first-order valence-corrected chi connectivity index (χ1v) is 6.32. The Morgan fingerprint density at radius 1 is 1.12 bits per heavy atom. The van der Waals surface area contributed by atoms with Crippen LogP contribution in [-0.2, 0) is 9.53 Å². The van der Waals surface area contributed by atoms with Gasteiger partial charge in [-0.2, -0.15) is 0 Å². The van der Waals surface area contributed by atoms with Crippen molar-refractivity contribution >= 4 is 5.97 Å². The highest BCUT2D eigenvalue weighted by molar-refractivity contribution is 5.73. The SMILES string of the molecule is CCCCCCOCCCC(C)(C)C(=O)O. The minimum atomic E-state index is -0.726. The predicted molar refractivity (Wildman–Crippen MR) is 65.6 cm³/mol. The highest BCUT2D eigenvalue weighted by Crippen LogP contribution is 2.22. The van der Waals surface area contributed by atoms with Crippen LogP contribution >= 0.6 is 0 Å². The Hall–Kier alpha value is -0.570. The van der Waals surface area contributed by atoms with E-state index in [4.69, 9.17) is 9.84 Å². The second-order valence-corrected chi connectivity index (χ2v) is 4.97. The first kappa shape index (κ1) is 15.4. The minimum Gasteiger partial charge on any atom is -0.481 e. The molecule has 0 aliphatic heterocycles. The molecule has 0 bridgehead atoms. The molecule has 0 rings (SSSR count). The molecule has 0 aliphatic carbocycles. The number of hydrogen-bond donors (Lipinski definition) is 1. The molecule has 0 saturated heterocycles. The summed E-state index contributed by atoms with van der Waals surface area (Å²) in [5.41, 5.74) is -0.619. The molecule has 0 aliphatic rings. The molecule has 0 heterocycles. The van der Waals surface area contributed by atoms with Crippen LogP contribution < -0.4 is 0 Å². The van der Waals surface area contributed by atoms with Crippen LogP contribution in [-0.4, -0.2) is 24.3 Å². The van der Waals surface area contributed by atoms with Crippen LogP contribution in [0.15, 0.2) is 0 Å². The molecule has 3 heteroatoms. The van der Waals surface area contributed by atoms with Gasteiger partial charge in [-0.25, -0.2) is 0 Å². The summed E-state index contributed by atoms with van der Waals surface area (Å²) in [4.78, 5) is 10.8. The summed E-state index contributed by atoms with van der Waals surface area (Å²) >= 11 is 0. The molecule has 3 nitrogen and oxygen atoms in total. The summed E-state index contributed by atoms with van der Waals surface area (Å²) in [6, 6.07) is 0. The predicted octanol–water partition coefficient (Wildman–Crippen LogP) is 3.47. The van der Waals surface area contributed by atoms with Crippen molar-refractivity contribution in [2.75, 3.05) is 13.2 Å². The van der Waals surface area contributed by atoms with Crippen molar-refractivity contribution in [2.45, 2.75) is 59.3 Å². The van der Waals surface area contributed by atoms with Crippen LogP contribution in [0.5, 0.6) is 0 Å². The lowest BCUT2D eigenvalue weighted by molar-refractivity contribution is -0.147. The molecule has 16 heavy (non-hydrogen) atoms. The topological polar surface area (TPSA) is 46.5 Å². The lowest BCUT2D eigenvalue weighted by Crippen LogP contribution is -2.23. The molecular formula is C13H26O3. The number of aliphatic carboxylic acids is 1. The fraction of sp³-hybridized carbons (Fsp3) is 0.923. The van der Waals surface area contributed by atoms with Gasteiger partial charge in [-0.05, 0) is 33.1 Å². The maximum atomic E-state index is 10.8. The lowest BCUT2D eigenvalue weighted by atomic mass is 9.88. The third-order valence-electron chi connectivity index (χ3n) is 2.81. The highest BCUT2D eigenvalue weighted by Gasteiger charge is 2.25. The number of ether oxygens (including phenoxy) is 1. The number of carboxylic acid groups (broad SMARTS) is 1. The summed E-state index contributed by atoms with van der Waals surface area (Å²) < 4.78 is 5.46. The zero-order valence-corrected chi connectivity index (χ0v) is 10.9. The molecule has 0 fully saturated rings. The molecule has 0 aromatic carbocycles. The molecule has 96 valence electrons. The van der Waals surface area contributed by atoms with Gasteiger partial charge in [-0.3, -0.25) is 4.79 Å². The third kappa shape index (κ3) is 7.69. The van der Waals surface area contributed by atoms with E-state index >= 15 is 0 Å². The fourth-order valence-electron chi connectivity index (χ4n) is 1.46. The number of carboxylic acids is 1. The van der Waals surface area contributed by atoms with Crippen LogP contribution in [0.25, 0.3) is 0 Å². The zero-order valence-electron chi connectivity index (χ0n) is 10.9. The maximum Gasteiger partial charge on any atom is 0.309 e. The number of rotatable bonds is 10. The van der Waals surface area contributed by atoms with Crippen molar-refractivity contribution in [3.63, 3.8) is 0 Å². The monoisotopic (exact) mass is 230 g/mol. The summed E-state index contributed by atoms with van der Waals surface area (Å²) in [7, 11) is 0. The average Bonchev–Trinajstić information content (AvgIpc) is 2.21. The van der Waals surface area contributed by atoms with Gasteiger partial charge in [-0.15, -0.1) is 0 Å². The number of unbranched alkanes of at least 4 members (excludes halogenated alkanes) is 3. The van der Waals surface area contributed by atoms with Gasteiger partial charge >= 0.3 is 5.97 Å². The minimum absolute atomic E-state index is 0.619. The smallest absolute Gasteiger partial charge is 0.309 e. The first-order chi connectivity index (χ1) is 7.50. The Balaban J connectivity index is 3.30. The van der Waals surface area contributed by atoms with Gasteiger partial charge in [0.15, 0.2) is 0 Å². The fourth-order valence-corrected chi connectivity index (χ4v) is 1.46. The standard InChI is InChI=1S/C13H26O3/c1-4-5-6-7-10-16-11-8-9-13(2,3)12(14)15/h4-11H2,1-3H3,(H,14,15). The van der Waals surface area contributed by atoms with Crippen molar-refractivity contribution in [3.8, 4) is 0 Å². The molecule has 0 atom stereocenters. The van der Waals surface area contributed by atoms with Crippen molar-refractivity contribution in [1.82, 2.24) is 0 Å². The largest absolute Gasteiger partial charge is 0.481 e. The van der Waals surface area contributed by atoms with Gasteiger partial charge < -0.3 is 9.84 Å². The molecular weight excluding hydrogens is 204 g/mol. The number of carbonyl (C=O) groups is 1. The van der Waals surface area contributed by atoms with E-state index in [1.165, 1.54) is 19.3 Å². The molecule has 0 unspecified atom stereocenters. The summed E-state index contributed by atoms with van der Waals surface area (Å²) in [6.45, 7) is 7.21. The van der Waals surface area contributed by atoms with Crippen molar-refractivity contribution in [1.29, 1.82) is 0 Å². The van der Waals surface area contributed by atoms with Crippen LogP contribution in [0.3, 0.4) is 0 Å². The lowest BCUT2D eigenvalue weighted by Gasteiger charge is -2.18. The van der Waals surface area contributed by atoms with Gasteiger partial charge in [0.05, 0.1) is 5.41 Å². The van der Waals surface area contributed by atoms with Crippen LogP contribution in [0.1, 0.15) is 59.3 Å². The van der Waals surface area contributed by atoms with Gasteiger partial charge in [0.25, 0.3) is 0 Å². The van der Waals surface area contributed by atoms with E-state index < -0.39 is 11.4 Å². The third-order valence-corrected chi connectivity index (χ3v) is 2.81. The highest BCUT2D eigenvalue weighted by atomic mass is 16.5. The van der Waals surface area contributed by atoms with E-state index in [0.717, 1.165) is 19.4 Å². The van der Waals surface area contributed by atoms with E-state index in [9.17, 15) is 4.79 Å². The van der Waals surface area contributed by atoms with Gasteiger partial charge in [-0.1, -0.05) is 26.2 Å². The van der Waals surface area contributed by atoms with Crippen molar-refractivity contribution in [3.05, 3.63) is 0 Å². The Bertz CT molecular complexity index is 188. The van der Waals surface area contributed by atoms with Crippen molar-refractivity contribution < 1.29 is 14.6 Å². The molecule has 0 saturated carbocycles. The summed E-state index contributed by atoms with van der Waals surface area (Å²) in [5, 5.41) is 8.90. The molecule has 0 aromatic heterocycles. The Labute approximate surface area is 99.2 Å². The van der Waals surface area contributed by atoms with Crippen molar-refractivity contribution in [2.24, 2.45) is 5.41 Å².